The van der Waals surface area contributed by atoms with Crippen molar-refractivity contribution in [2.75, 3.05) is 6.54 Å². The number of aromatic amines is 1. The van der Waals surface area contributed by atoms with Crippen molar-refractivity contribution in [2.45, 2.75) is 13.3 Å². The van der Waals surface area contributed by atoms with E-state index in [-0.39, 0.29) is 5.56 Å². The van der Waals surface area contributed by atoms with Crippen LogP contribution >= 0.6 is 0 Å². The number of H-pyrrole nitrogens is 1. The fourth-order valence-electron chi connectivity index (χ4n) is 1.76. The van der Waals surface area contributed by atoms with Gasteiger partial charge in [0.15, 0.2) is 0 Å². The predicted molar refractivity (Wildman–Crippen MR) is 58.8 cm³/mol. The zero-order valence-electron chi connectivity index (χ0n) is 8.87. The summed E-state index contributed by atoms with van der Waals surface area (Å²) in [6.07, 6.45) is 0.597. The molecule has 0 aliphatic carbocycles. The third kappa shape index (κ3) is 1.55. The minimum atomic E-state index is -0.0732. The lowest BCUT2D eigenvalue weighted by atomic mass is 10.1. The molecule has 0 aromatic carbocycles. The number of nitrogens with two attached hydrogens (primary N) is 1. The van der Waals surface area contributed by atoms with Gasteiger partial charge in [-0.3, -0.25) is 9.48 Å². The lowest BCUT2D eigenvalue weighted by Crippen LogP contribution is -2.16. The summed E-state index contributed by atoms with van der Waals surface area (Å²) >= 11 is 0. The van der Waals surface area contributed by atoms with E-state index in [4.69, 9.17) is 5.73 Å². The summed E-state index contributed by atoms with van der Waals surface area (Å²) in [5.41, 5.74) is 7.77. The number of nitrogens with one attached hydrogen (secondary N) is 1. The molecule has 5 heteroatoms. The van der Waals surface area contributed by atoms with E-state index in [0.29, 0.717) is 13.0 Å². The van der Waals surface area contributed by atoms with Gasteiger partial charge >= 0.3 is 0 Å². The Kier molecular flexibility index (Phi) is 2.32. The highest BCUT2D eigenvalue weighted by Crippen LogP contribution is 2.14. The Morgan fingerprint density at radius 3 is 3.00 bits per heavy atom. The van der Waals surface area contributed by atoms with Gasteiger partial charge in [0.25, 0.3) is 5.56 Å². The van der Waals surface area contributed by atoms with Gasteiger partial charge < -0.3 is 10.7 Å². The van der Waals surface area contributed by atoms with Crippen LogP contribution in [0.5, 0.6) is 0 Å². The average molecular weight is 206 g/mol. The first-order chi connectivity index (χ1) is 7.13. The van der Waals surface area contributed by atoms with E-state index in [0.717, 1.165) is 22.3 Å². The first-order valence-electron chi connectivity index (χ1n) is 4.89. The predicted octanol–water partition coefficient (Wildman–Crippen LogP) is 0.0712. The van der Waals surface area contributed by atoms with Gasteiger partial charge in [0, 0.05) is 18.0 Å². The maximum absolute atomic E-state index is 11.6. The Morgan fingerprint density at radius 1 is 1.60 bits per heavy atom. The van der Waals surface area contributed by atoms with Crippen molar-refractivity contribution in [1.29, 1.82) is 0 Å². The molecule has 2 aromatic heterocycles. The van der Waals surface area contributed by atoms with Crippen LogP contribution in [0.1, 0.15) is 11.3 Å². The Balaban J connectivity index is 2.73. The minimum absolute atomic E-state index is 0.0732. The van der Waals surface area contributed by atoms with Crippen molar-refractivity contribution in [1.82, 2.24) is 14.8 Å². The molecular formula is C10H14N4O. The molecule has 2 rings (SSSR count). The first kappa shape index (κ1) is 9.92. The number of hydrogen-bond acceptors (Lipinski definition) is 3. The molecule has 0 aliphatic heterocycles. The molecule has 0 spiro atoms. The largest absolute Gasteiger partial charge is 0.330 e. The Labute approximate surface area is 86.9 Å². The molecule has 2 heterocycles. The van der Waals surface area contributed by atoms with E-state index >= 15 is 0 Å². The molecule has 0 unspecified atom stereocenters. The molecule has 0 bridgehead atoms. The van der Waals surface area contributed by atoms with Gasteiger partial charge in [0.05, 0.1) is 5.69 Å². The third-order valence-corrected chi connectivity index (χ3v) is 2.52. The Bertz CT molecular complexity index is 552. The average Bonchev–Trinajstić information content (AvgIpc) is 2.44. The second-order valence-corrected chi connectivity index (χ2v) is 3.63. The number of fused-ring (bicyclic) bond motifs is 1. The van der Waals surface area contributed by atoms with Gasteiger partial charge in [-0.15, -0.1) is 0 Å². The molecule has 2 aromatic rings. The molecule has 15 heavy (non-hydrogen) atoms. The lowest BCUT2D eigenvalue weighted by molar-refractivity contribution is 0.771. The van der Waals surface area contributed by atoms with Crippen molar-refractivity contribution in [2.24, 2.45) is 12.8 Å². The van der Waals surface area contributed by atoms with Gasteiger partial charge in [0.2, 0.25) is 0 Å². The summed E-state index contributed by atoms with van der Waals surface area (Å²) in [7, 11) is 1.81. The SMILES string of the molecule is Cc1nn(C)c2[nH]c(=O)c(CCN)cc12. The maximum atomic E-state index is 11.6. The van der Waals surface area contributed by atoms with E-state index in [2.05, 4.69) is 10.1 Å². The van der Waals surface area contributed by atoms with Gasteiger partial charge in [-0.05, 0) is 26.0 Å². The van der Waals surface area contributed by atoms with E-state index < -0.39 is 0 Å². The molecule has 80 valence electrons. The summed E-state index contributed by atoms with van der Waals surface area (Å²) in [5.74, 6) is 0. The fourth-order valence-corrected chi connectivity index (χ4v) is 1.76. The maximum Gasteiger partial charge on any atom is 0.252 e. The van der Waals surface area contributed by atoms with Crippen molar-refractivity contribution < 1.29 is 0 Å². The molecule has 0 amide bonds. The molecule has 0 saturated carbocycles. The monoisotopic (exact) mass is 206 g/mol. The lowest BCUT2D eigenvalue weighted by Gasteiger charge is -1.99. The van der Waals surface area contributed by atoms with E-state index in [1.807, 2.05) is 20.0 Å². The Hall–Kier alpha value is -1.62. The van der Waals surface area contributed by atoms with E-state index in [1.165, 1.54) is 0 Å². The highest BCUT2D eigenvalue weighted by Gasteiger charge is 2.08. The minimum Gasteiger partial charge on any atom is -0.330 e. The summed E-state index contributed by atoms with van der Waals surface area (Å²) < 4.78 is 1.68. The van der Waals surface area contributed by atoms with Gasteiger partial charge in [-0.2, -0.15) is 5.10 Å². The van der Waals surface area contributed by atoms with E-state index in [1.54, 1.807) is 4.68 Å². The normalized spacial score (nSPS) is 11.1. The Morgan fingerprint density at radius 2 is 2.33 bits per heavy atom. The zero-order valence-corrected chi connectivity index (χ0v) is 8.87. The molecule has 0 saturated heterocycles. The fraction of sp³-hybridized carbons (Fsp3) is 0.400. The smallest absolute Gasteiger partial charge is 0.252 e. The standard InChI is InChI=1S/C10H14N4O/c1-6-8-5-7(3-4-11)10(15)12-9(8)14(2)13-6/h5H,3-4,11H2,1-2H3,(H,12,15). The summed E-state index contributed by atoms with van der Waals surface area (Å²) in [5, 5.41) is 5.23. The number of hydrogen-bond donors (Lipinski definition) is 2. The van der Waals surface area contributed by atoms with Gasteiger partial charge in [-0.25, -0.2) is 0 Å². The van der Waals surface area contributed by atoms with Crippen LogP contribution in [0.4, 0.5) is 0 Å². The highest BCUT2D eigenvalue weighted by atomic mass is 16.1. The van der Waals surface area contributed by atoms with Gasteiger partial charge in [-0.1, -0.05) is 0 Å². The number of pyridine rings is 1. The van der Waals surface area contributed by atoms with Crippen molar-refractivity contribution in [3.8, 4) is 0 Å². The molecule has 0 fully saturated rings. The van der Waals surface area contributed by atoms with Crippen molar-refractivity contribution in [3.63, 3.8) is 0 Å². The van der Waals surface area contributed by atoms with Crippen LogP contribution in [0.25, 0.3) is 11.0 Å². The number of aromatic nitrogens is 3. The topological polar surface area (TPSA) is 76.7 Å². The van der Waals surface area contributed by atoms with Crippen LogP contribution in [-0.2, 0) is 13.5 Å². The molecule has 0 aliphatic rings. The van der Waals surface area contributed by atoms with Crippen LogP contribution in [0.3, 0.4) is 0 Å². The second kappa shape index (κ2) is 3.51. The van der Waals surface area contributed by atoms with Crippen LogP contribution < -0.4 is 11.3 Å². The summed E-state index contributed by atoms with van der Waals surface area (Å²) in [6, 6.07) is 1.88. The molecule has 5 nitrogen and oxygen atoms in total. The van der Waals surface area contributed by atoms with Crippen LogP contribution in [0.2, 0.25) is 0 Å². The van der Waals surface area contributed by atoms with E-state index in [9.17, 15) is 4.79 Å². The summed E-state index contributed by atoms with van der Waals surface area (Å²) in [4.78, 5) is 14.5. The molecule has 0 atom stereocenters. The number of aryl methyl sites for hydroxylation is 2. The van der Waals surface area contributed by atoms with Gasteiger partial charge in [0.1, 0.15) is 5.65 Å². The number of nitrogens with zero attached hydrogens (tertiary/aromatic N) is 2. The quantitative estimate of drug-likeness (QED) is 0.730. The number of rotatable bonds is 2. The first-order valence-corrected chi connectivity index (χ1v) is 4.89. The van der Waals surface area contributed by atoms with Crippen molar-refractivity contribution >= 4 is 11.0 Å². The molecular weight excluding hydrogens is 192 g/mol. The van der Waals surface area contributed by atoms with Crippen LogP contribution in [0.15, 0.2) is 10.9 Å². The summed E-state index contributed by atoms with van der Waals surface area (Å²) in [6.45, 7) is 2.40. The highest BCUT2D eigenvalue weighted by molar-refractivity contribution is 5.78. The molecule has 0 radical (unpaired) electrons. The second-order valence-electron chi connectivity index (χ2n) is 3.63. The molecule has 3 N–H and O–H groups in total. The zero-order chi connectivity index (χ0) is 11.0. The van der Waals surface area contributed by atoms with Crippen LogP contribution in [0, 0.1) is 6.92 Å². The third-order valence-electron chi connectivity index (χ3n) is 2.52. The van der Waals surface area contributed by atoms with Crippen molar-refractivity contribution in [3.05, 3.63) is 27.7 Å². The van der Waals surface area contributed by atoms with Crippen LogP contribution in [-0.4, -0.2) is 21.3 Å².